The number of nitrogens with one attached hydrogen (secondary N) is 1. The van der Waals surface area contributed by atoms with Crippen LogP contribution in [0.2, 0.25) is 0 Å². The zero-order valence-electron chi connectivity index (χ0n) is 14.6. The third-order valence-electron chi connectivity index (χ3n) is 6.27. The molecule has 5 heteroatoms. The molecule has 1 aromatic rings. The topological polar surface area (TPSA) is 41.6 Å². The molecule has 25 heavy (non-hydrogen) atoms. The van der Waals surface area contributed by atoms with Crippen LogP contribution in [0.3, 0.4) is 0 Å². The molecule has 4 nitrogen and oxygen atoms in total. The van der Waals surface area contributed by atoms with Crippen molar-refractivity contribution in [2.45, 2.75) is 38.2 Å². The fraction of sp³-hybridized carbons (Fsp3) is 0.650. The number of carbonyl (C=O) groups is 1. The monoisotopic (exact) mass is 346 g/mol. The van der Waals surface area contributed by atoms with E-state index < -0.39 is 0 Å². The van der Waals surface area contributed by atoms with Crippen molar-refractivity contribution in [1.82, 2.24) is 10.2 Å². The van der Waals surface area contributed by atoms with E-state index in [1.54, 1.807) is 12.1 Å². The van der Waals surface area contributed by atoms with Gasteiger partial charge in [0.15, 0.2) is 0 Å². The summed E-state index contributed by atoms with van der Waals surface area (Å²) in [6.45, 7) is 2.41. The van der Waals surface area contributed by atoms with E-state index in [9.17, 15) is 9.18 Å². The maximum atomic E-state index is 13.1. The number of morpholine rings is 1. The van der Waals surface area contributed by atoms with Crippen molar-refractivity contribution in [2.24, 2.45) is 17.8 Å². The highest BCUT2D eigenvalue weighted by molar-refractivity contribution is 5.74. The highest BCUT2D eigenvalue weighted by Crippen LogP contribution is 2.49. The smallest absolute Gasteiger partial charge is 0.317 e. The van der Waals surface area contributed by atoms with Gasteiger partial charge in [-0.2, -0.15) is 0 Å². The van der Waals surface area contributed by atoms with Gasteiger partial charge in [-0.15, -0.1) is 0 Å². The Morgan fingerprint density at radius 2 is 2.08 bits per heavy atom. The van der Waals surface area contributed by atoms with Crippen molar-refractivity contribution in [3.63, 3.8) is 0 Å². The number of amides is 2. The van der Waals surface area contributed by atoms with Gasteiger partial charge in [-0.3, -0.25) is 0 Å². The first-order valence-electron chi connectivity index (χ1n) is 9.59. The molecule has 3 fully saturated rings. The van der Waals surface area contributed by atoms with Crippen LogP contribution < -0.4 is 5.32 Å². The van der Waals surface area contributed by atoms with Gasteiger partial charge in [-0.05, 0) is 61.1 Å². The van der Waals surface area contributed by atoms with E-state index in [1.165, 1.54) is 37.8 Å². The van der Waals surface area contributed by atoms with Crippen molar-refractivity contribution >= 4 is 6.03 Å². The van der Waals surface area contributed by atoms with Gasteiger partial charge in [0, 0.05) is 13.1 Å². The second-order valence-electron chi connectivity index (χ2n) is 7.81. The molecule has 136 valence electrons. The highest BCUT2D eigenvalue weighted by atomic mass is 19.1. The van der Waals surface area contributed by atoms with Gasteiger partial charge in [0.1, 0.15) is 11.9 Å². The Morgan fingerprint density at radius 1 is 1.24 bits per heavy atom. The molecule has 2 amide bonds. The summed E-state index contributed by atoms with van der Waals surface area (Å²) in [4.78, 5) is 14.3. The van der Waals surface area contributed by atoms with E-state index in [0.717, 1.165) is 36.3 Å². The minimum Gasteiger partial charge on any atom is -0.370 e. The summed E-state index contributed by atoms with van der Waals surface area (Å²) in [6, 6.07) is 6.34. The van der Waals surface area contributed by atoms with Crippen molar-refractivity contribution in [3.8, 4) is 0 Å². The first-order valence-corrected chi connectivity index (χ1v) is 9.59. The summed E-state index contributed by atoms with van der Waals surface area (Å²) in [5.74, 6) is 2.43. The van der Waals surface area contributed by atoms with Crippen LogP contribution >= 0.6 is 0 Å². The van der Waals surface area contributed by atoms with E-state index in [4.69, 9.17) is 4.74 Å². The molecule has 1 N–H and O–H groups in total. The van der Waals surface area contributed by atoms with Crippen LogP contribution in [0.5, 0.6) is 0 Å². The summed E-state index contributed by atoms with van der Waals surface area (Å²) in [5, 5.41) is 3.09. The fourth-order valence-corrected chi connectivity index (χ4v) is 4.92. The molecule has 1 aliphatic heterocycles. The largest absolute Gasteiger partial charge is 0.370 e. The van der Waals surface area contributed by atoms with Gasteiger partial charge >= 0.3 is 6.03 Å². The Hall–Kier alpha value is -1.62. The number of halogens is 1. The van der Waals surface area contributed by atoms with E-state index in [-0.39, 0.29) is 18.0 Å². The first-order chi connectivity index (χ1) is 12.2. The molecule has 0 aromatic heterocycles. The normalized spacial score (nSPS) is 31.3. The number of ether oxygens (including phenoxy) is 1. The van der Waals surface area contributed by atoms with E-state index in [2.05, 4.69) is 5.32 Å². The van der Waals surface area contributed by atoms with Gasteiger partial charge < -0.3 is 15.0 Å². The highest BCUT2D eigenvalue weighted by Gasteiger charge is 2.38. The van der Waals surface area contributed by atoms with Gasteiger partial charge in [0.25, 0.3) is 0 Å². The summed E-state index contributed by atoms with van der Waals surface area (Å²) >= 11 is 0. The van der Waals surface area contributed by atoms with Crippen LogP contribution in [0.25, 0.3) is 0 Å². The Kier molecular flexibility index (Phi) is 4.93. The molecule has 2 aliphatic carbocycles. The van der Waals surface area contributed by atoms with E-state index >= 15 is 0 Å². The molecular weight excluding hydrogens is 319 g/mol. The molecule has 0 spiro atoms. The van der Waals surface area contributed by atoms with Gasteiger partial charge in [0.2, 0.25) is 0 Å². The van der Waals surface area contributed by atoms with Gasteiger partial charge in [-0.1, -0.05) is 18.6 Å². The van der Waals surface area contributed by atoms with Crippen molar-refractivity contribution in [2.75, 3.05) is 26.2 Å². The number of nitrogens with zero attached hydrogens (tertiary/aromatic N) is 1. The lowest BCUT2D eigenvalue weighted by atomic mass is 9.86. The average molecular weight is 346 g/mol. The number of rotatable bonds is 4. The van der Waals surface area contributed by atoms with Crippen LogP contribution in [-0.2, 0) is 4.74 Å². The number of carbonyl (C=O) groups excluding carboxylic acids is 1. The number of hydrogen-bond donors (Lipinski definition) is 1. The van der Waals surface area contributed by atoms with Crippen LogP contribution in [0.1, 0.15) is 43.8 Å². The van der Waals surface area contributed by atoms with E-state index in [1.807, 2.05) is 4.90 Å². The molecule has 1 saturated heterocycles. The third kappa shape index (κ3) is 3.81. The number of hydrogen-bond acceptors (Lipinski definition) is 2. The Morgan fingerprint density at radius 3 is 2.80 bits per heavy atom. The predicted octanol–water partition coefficient (Wildman–Crippen LogP) is 3.73. The number of benzene rings is 1. The second kappa shape index (κ2) is 7.32. The third-order valence-corrected chi connectivity index (χ3v) is 6.27. The maximum absolute atomic E-state index is 13.1. The lowest BCUT2D eigenvalue weighted by molar-refractivity contribution is -0.0154. The fourth-order valence-electron chi connectivity index (χ4n) is 4.92. The SMILES string of the molecule is O=C(NCCC1CC2CCC1C2)N1CCOC(c2ccc(F)cc2)C1. The molecular formula is C20H27FN2O2. The molecule has 4 rings (SSSR count). The zero-order valence-corrected chi connectivity index (χ0v) is 14.6. The molecule has 3 aliphatic rings. The van der Waals surface area contributed by atoms with Crippen molar-refractivity contribution in [1.29, 1.82) is 0 Å². The molecule has 1 aromatic carbocycles. The second-order valence-corrected chi connectivity index (χ2v) is 7.81. The van der Waals surface area contributed by atoms with Gasteiger partial charge in [0.05, 0.1) is 13.2 Å². The first kappa shape index (κ1) is 16.8. The summed E-state index contributed by atoms with van der Waals surface area (Å²) < 4.78 is 18.8. The summed E-state index contributed by atoms with van der Waals surface area (Å²) in [7, 11) is 0. The lowest BCUT2D eigenvalue weighted by Gasteiger charge is -2.33. The molecule has 1 heterocycles. The van der Waals surface area contributed by atoms with Crippen LogP contribution in [0.15, 0.2) is 24.3 Å². The van der Waals surface area contributed by atoms with Crippen LogP contribution in [0, 0.1) is 23.6 Å². The minimum atomic E-state index is -0.255. The number of urea groups is 1. The van der Waals surface area contributed by atoms with Gasteiger partial charge in [-0.25, -0.2) is 9.18 Å². The standard InChI is InChI=1S/C20H27FN2O2/c21-18-5-3-15(4-6-18)19-13-23(9-10-25-19)20(24)22-8-7-17-12-14-1-2-16(17)11-14/h3-6,14,16-17,19H,1-2,7-13H2,(H,22,24). The van der Waals surface area contributed by atoms with Crippen LogP contribution in [-0.4, -0.2) is 37.2 Å². The summed E-state index contributed by atoms with van der Waals surface area (Å²) in [5.41, 5.74) is 0.917. The zero-order chi connectivity index (χ0) is 17.2. The Bertz CT molecular complexity index is 606. The minimum absolute atomic E-state index is 0.00133. The average Bonchev–Trinajstić information content (AvgIpc) is 3.25. The quantitative estimate of drug-likeness (QED) is 0.902. The Labute approximate surface area is 148 Å². The lowest BCUT2D eigenvalue weighted by Crippen LogP contribution is -2.47. The maximum Gasteiger partial charge on any atom is 0.317 e. The molecule has 2 bridgehead atoms. The van der Waals surface area contributed by atoms with E-state index in [0.29, 0.717) is 19.7 Å². The molecule has 4 unspecified atom stereocenters. The van der Waals surface area contributed by atoms with Crippen LogP contribution in [0.4, 0.5) is 9.18 Å². The summed E-state index contributed by atoms with van der Waals surface area (Å²) in [6.07, 6.45) is 6.54. The molecule has 2 saturated carbocycles. The van der Waals surface area contributed by atoms with Crippen molar-refractivity contribution in [3.05, 3.63) is 35.6 Å². The molecule has 4 atom stereocenters. The number of fused-ring (bicyclic) bond motifs is 2. The predicted molar refractivity (Wildman–Crippen MR) is 93.6 cm³/mol. The molecule has 0 radical (unpaired) electrons. The van der Waals surface area contributed by atoms with Crippen molar-refractivity contribution < 1.29 is 13.9 Å². The Balaban J connectivity index is 1.24.